The molecule has 4 aliphatic carbocycles. The zero-order chi connectivity index (χ0) is 12.8. The molecule has 0 aliphatic heterocycles. The van der Waals surface area contributed by atoms with Crippen molar-refractivity contribution in [3.63, 3.8) is 0 Å². The molecule has 2 nitrogen and oxygen atoms in total. The van der Waals surface area contributed by atoms with Crippen LogP contribution in [0.4, 0.5) is 11.4 Å². The Morgan fingerprint density at radius 2 is 1.47 bits per heavy atom. The van der Waals surface area contributed by atoms with Crippen molar-refractivity contribution in [2.75, 3.05) is 17.6 Å². The Kier molecular flexibility index (Phi) is 2.71. The van der Waals surface area contributed by atoms with Gasteiger partial charge in [-0.25, -0.2) is 0 Å². The maximum absolute atomic E-state index is 5.73. The van der Waals surface area contributed by atoms with Crippen LogP contribution in [0.25, 0.3) is 0 Å². The number of anilines is 2. The molecule has 19 heavy (non-hydrogen) atoms. The van der Waals surface area contributed by atoms with Crippen molar-refractivity contribution in [3.05, 3.63) is 24.3 Å². The molecular weight excluding hydrogens is 232 g/mol. The van der Waals surface area contributed by atoms with Crippen molar-refractivity contribution in [2.24, 2.45) is 29.6 Å². The minimum atomic E-state index is 0.847. The second kappa shape index (κ2) is 4.43. The smallest absolute Gasteiger partial charge is 0.0341 e. The highest BCUT2D eigenvalue weighted by Crippen LogP contribution is 2.56. The Balaban J connectivity index is 1.42. The van der Waals surface area contributed by atoms with Gasteiger partial charge in [-0.05, 0) is 86.0 Å². The van der Waals surface area contributed by atoms with E-state index in [4.69, 9.17) is 5.73 Å². The van der Waals surface area contributed by atoms with Crippen molar-refractivity contribution >= 4 is 11.4 Å². The fraction of sp³-hybridized carbons (Fsp3) is 0.647. The highest BCUT2D eigenvalue weighted by Gasteiger charge is 2.47. The molecule has 1 aromatic rings. The van der Waals surface area contributed by atoms with E-state index in [9.17, 15) is 0 Å². The lowest BCUT2D eigenvalue weighted by Gasteiger charge is -2.54. The molecule has 4 fully saturated rings. The van der Waals surface area contributed by atoms with E-state index in [0.29, 0.717) is 0 Å². The van der Waals surface area contributed by atoms with Gasteiger partial charge in [0.15, 0.2) is 0 Å². The van der Waals surface area contributed by atoms with Crippen molar-refractivity contribution in [3.8, 4) is 0 Å². The van der Waals surface area contributed by atoms with Crippen LogP contribution in [-0.4, -0.2) is 6.54 Å². The molecule has 4 saturated carbocycles. The van der Waals surface area contributed by atoms with Gasteiger partial charge >= 0.3 is 0 Å². The molecule has 5 rings (SSSR count). The zero-order valence-corrected chi connectivity index (χ0v) is 11.5. The molecule has 4 aliphatic rings. The van der Waals surface area contributed by atoms with Crippen molar-refractivity contribution in [1.82, 2.24) is 0 Å². The molecular formula is C17H24N2. The van der Waals surface area contributed by atoms with Gasteiger partial charge in [-0.15, -0.1) is 0 Å². The molecule has 0 saturated heterocycles. The Morgan fingerprint density at radius 1 is 0.895 bits per heavy atom. The molecule has 102 valence electrons. The average Bonchev–Trinajstić information content (AvgIpc) is 2.39. The summed E-state index contributed by atoms with van der Waals surface area (Å²) in [4.78, 5) is 0. The average molecular weight is 256 g/mol. The predicted molar refractivity (Wildman–Crippen MR) is 79.9 cm³/mol. The highest BCUT2D eigenvalue weighted by molar-refractivity contribution is 5.51. The SMILES string of the molecule is Nc1ccc(NCC2C3CC4CC(C3)CC2C4)cc1. The van der Waals surface area contributed by atoms with E-state index in [1.165, 1.54) is 37.9 Å². The zero-order valence-electron chi connectivity index (χ0n) is 11.5. The summed E-state index contributed by atoms with van der Waals surface area (Å²) in [6.07, 6.45) is 7.61. The molecule has 0 spiro atoms. The fourth-order valence-electron chi connectivity index (χ4n) is 5.21. The predicted octanol–water partition coefficient (Wildman–Crippen LogP) is 3.75. The van der Waals surface area contributed by atoms with E-state index in [-0.39, 0.29) is 0 Å². The van der Waals surface area contributed by atoms with Gasteiger partial charge in [0.25, 0.3) is 0 Å². The molecule has 4 bridgehead atoms. The van der Waals surface area contributed by atoms with Crippen molar-refractivity contribution in [1.29, 1.82) is 0 Å². The number of benzene rings is 1. The quantitative estimate of drug-likeness (QED) is 0.808. The Labute approximate surface area is 115 Å². The summed E-state index contributed by atoms with van der Waals surface area (Å²) < 4.78 is 0. The van der Waals surface area contributed by atoms with E-state index >= 15 is 0 Å². The summed E-state index contributed by atoms with van der Waals surface area (Å²) in [5.74, 6) is 5.10. The molecule has 0 atom stereocenters. The van der Waals surface area contributed by atoms with E-state index < -0.39 is 0 Å². The summed E-state index contributed by atoms with van der Waals surface area (Å²) in [5.41, 5.74) is 7.81. The lowest BCUT2D eigenvalue weighted by atomic mass is 9.52. The van der Waals surface area contributed by atoms with Gasteiger partial charge in [-0.3, -0.25) is 0 Å². The van der Waals surface area contributed by atoms with E-state index in [2.05, 4.69) is 17.4 Å². The van der Waals surface area contributed by atoms with Crippen LogP contribution in [0.5, 0.6) is 0 Å². The Hall–Kier alpha value is -1.18. The summed E-state index contributed by atoms with van der Waals surface area (Å²) >= 11 is 0. The number of hydrogen-bond donors (Lipinski definition) is 2. The summed E-state index contributed by atoms with van der Waals surface area (Å²) in [6, 6.07) is 8.18. The molecule has 0 radical (unpaired) electrons. The first-order valence-corrected chi connectivity index (χ1v) is 7.87. The number of hydrogen-bond acceptors (Lipinski definition) is 2. The third kappa shape index (κ3) is 2.11. The molecule has 2 heteroatoms. The first-order chi connectivity index (χ1) is 9.28. The maximum atomic E-state index is 5.73. The number of nitrogen functional groups attached to an aromatic ring is 1. The molecule has 0 unspecified atom stereocenters. The third-order valence-electron chi connectivity index (χ3n) is 5.87. The van der Waals surface area contributed by atoms with Crippen LogP contribution in [0.3, 0.4) is 0 Å². The largest absolute Gasteiger partial charge is 0.399 e. The van der Waals surface area contributed by atoms with Crippen LogP contribution >= 0.6 is 0 Å². The van der Waals surface area contributed by atoms with Gasteiger partial charge in [0.05, 0.1) is 0 Å². The van der Waals surface area contributed by atoms with Crippen LogP contribution < -0.4 is 11.1 Å². The monoisotopic (exact) mass is 256 g/mol. The molecule has 0 aromatic heterocycles. The maximum Gasteiger partial charge on any atom is 0.0341 e. The lowest BCUT2D eigenvalue weighted by molar-refractivity contribution is -0.0305. The molecule has 1 aromatic carbocycles. The van der Waals surface area contributed by atoms with Crippen LogP contribution in [0, 0.1) is 29.6 Å². The fourth-order valence-corrected chi connectivity index (χ4v) is 5.21. The minimum Gasteiger partial charge on any atom is -0.399 e. The minimum absolute atomic E-state index is 0.847. The van der Waals surface area contributed by atoms with E-state index in [1.54, 1.807) is 6.42 Å². The first-order valence-electron chi connectivity index (χ1n) is 7.87. The lowest BCUT2D eigenvalue weighted by Crippen LogP contribution is -2.47. The Morgan fingerprint density at radius 3 is 2.05 bits per heavy atom. The number of nitrogens with two attached hydrogens (primary N) is 1. The van der Waals surface area contributed by atoms with Crippen molar-refractivity contribution < 1.29 is 0 Å². The van der Waals surface area contributed by atoms with Gasteiger partial charge in [0, 0.05) is 17.9 Å². The van der Waals surface area contributed by atoms with Crippen LogP contribution in [0.15, 0.2) is 24.3 Å². The number of rotatable bonds is 3. The van der Waals surface area contributed by atoms with Crippen LogP contribution in [0.2, 0.25) is 0 Å². The van der Waals surface area contributed by atoms with Crippen LogP contribution in [0.1, 0.15) is 32.1 Å². The highest BCUT2D eigenvalue weighted by atomic mass is 14.9. The van der Waals surface area contributed by atoms with E-state index in [0.717, 1.165) is 35.3 Å². The van der Waals surface area contributed by atoms with Gasteiger partial charge in [0.1, 0.15) is 0 Å². The van der Waals surface area contributed by atoms with Gasteiger partial charge in [-0.1, -0.05) is 0 Å². The van der Waals surface area contributed by atoms with Gasteiger partial charge in [-0.2, -0.15) is 0 Å². The summed E-state index contributed by atoms with van der Waals surface area (Å²) in [6.45, 7) is 1.17. The number of nitrogens with one attached hydrogen (secondary N) is 1. The normalized spacial score (nSPS) is 39.5. The second-order valence-electron chi connectivity index (χ2n) is 7.10. The van der Waals surface area contributed by atoms with Crippen LogP contribution in [-0.2, 0) is 0 Å². The molecule has 0 heterocycles. The molecule has 0 amide bonds. The second-order valence-corrected chi connectivity index (χ2v) is 7.10. The summed E-state index contributed by atoms with van der Waals surface area (Å²) in [7, 11) is 0. The standard InChI is InChI=1S/C17H24N2/c18-15-1-3-16(4-2-15)19-10-17-13-6-11-5-12(8-13)9-14(17)7-11/h1-4,11-14,17,19H,5-10,18H2. The first kappa shape index (κ1) is 11.6. The van der Waals surface area contributed by atoms with E-state index in [1.807, 2.05) is 12.1 Å². The topological polar surface area (TPSA) is 38.0 Å². The Bertz CT molecular complexity index is 423. The van der Waals surface area contributed by atoms with Gasteiger partial charge < -0.3 is 11.1 Å². The summed E-state index contributed by atoms with van der Waals surface area (Å²) in [5, 5.41) is 3.64. The molecule has 3 N–H and O–H groups in total. The third-order valence-corrected chi connectivity index (χ3v) is 5.87. The van der Waals surface area contributed by atoms with Crippen molar-refractivity contribution in [2.45, 2.75) is 32.1 Å². The van der Waals surface area contributed by atoms with Gasteiger partial charge in [0.2, 0.25) is 0 Å².